The molecule has 1 rings (SSSR count). The molecule has 0 aliphatic heterocycles. The second kappa shape index (κ2) is 7.45. The van der Waals surface area contributed by atoms with E-state index in [1.807, 2.05) is 30.3 Å². The van der Waals surface area contributed by atoms with Gasteiger partial charge < -0.3 is 15.8 Å². The van der Waals surface area contributed by atoms with E-state index in [1.54, 1.807) is 6.92 Å². The lowest BCUT2D eigenvalue weighted by molar-refractivity contribution is -0.147. The van der Waals surface area contributed by atoms with E-state index < -0.39 is 17.9 Å². The molecule has 98 valence electrons. The third-order valence-corrected chi connectivity index (χ3v) is 2.38. The molecule has 0 saturated heterocycles. The van der Waals surface area contributed by atoms with Gasteiger partial charge in [-0.25, -0.2) is 4.79 Å². The summed E-state index contributed by atoms with van der Waals surface area (Å²) in [5.74, 6) is -1.21. The Morgan fingerprint density at radius 1 is 1.33 bits per heavy atom. The van der Waals surface area contributed by atoms with Crippen LogP contribution in [0.4, 0.5) is 0 Å². The van der Waals surface area contributed by atoms with Gasteiger partial charge >= 0.3 is 5.97 Å². The van der Waals surface area contributed by atoms with Crippen molar-refractivity contribution in [1.29, 1.82) is 0 Å². The van der Waals surface area contributed by atoms with E-state index in [4.69, 9.17) is 5.73 Å². The van der Waals surface area contributed by atoms with Crippen molar-refractivity contribution in [2.75, 3.05) is 13.2 Å². The third-order valence-electron chi connectivity index (χ3n) is 2.38. The molecule has 1 unspecified atom stereocenters. The maximum absolute atomic E-state index is 11.5. The van der Waals surface area contributed by atoms with Gasteiger partial charge in [0.05, 0.1) is 6.61 Å². The molecule has 3 N–H and O–H groups in total. The van der Waals surface area contributed by atoms with Crippen molar-refractivity contribution in [3.8, 4) is 0 Å². The molecule has 0 fully saturated rings. The minimum absolute atomic E-state index is 0.212. The standard InChI is InChI=1S/C13H18N2O3/c1-2-18-13(17)11(14)12(16)15-9-8-10-6-4-3-5-7-10/h3-7,11H,2,8-9,14H2,1H3,(H,15,16). The van der Waals surface area contributed by atoms with Crippen LogP contribution in [-0.2, 0) is 20.7 Å². The van der Waals surface area contributed by atoms with Gasteiger partial charge in [0, 0.05) is 6.54 Å². The first-order chi connectivity index (χ1) is 8.65. The van der Waals surface area contributed by atoms with Crippen molar-refractivity contribution in [3.63, 3.8) is 0 Å². The molecule has 5 nitrogen and oxygen atoms in total. The van der Waals surface area contributed by atoms with Crippen LogP contribution in [0.2, 0.25) is 0 Å². The molecule has 5 heteroatoms. The monoisotopic (exact) mass is 250 g/mol. The molecule has 0 spiro atoms. The Bertz CT molecular complexity index is 392. The Balaban J connectivity index is 2.31. The highest BCUT2D eigenvalue weighted by Gasteiger charge is 2.22. The summed E-state index contributed by atoms with van der Waals surface area (Å²) in [7, 11) is 0. The lowest BCUT2D eigenvalue weighted by atomic mass is 10.1. The van der Waals surface area contributed by atoms with Crippen molar-refractivity contribution in [3.05, 3.63) is 35.9 Å². The molecule has 1 aromatic carbocycles. The number of esters is 1. The smallest absolute Gasteiger partial charge is 0.332 e. The number of carbonyl (C=O) groups excluding carboxylic acids is 2. The molecule has 0 heterocycles. The number of nitrogens with one attached hydrogen (secondary N) is 1. The van der Waals surface area contributed by atoms with E-state index >= 15 is 0 Å². The Hall–Kier alpha value is -1.88. The first kappa shape index (κ1) is 14.2. The molecule has 1 amide bonds. The van der Waals surface area contributed by atoms with E-state index in [0.29, 0.717) is 13.0 Å². The first-order valence-corrected chi connectivity index (χ1v) is 5.89. The van der Waals surface area contributed by atoms with Crippen molar-refractivity contribution in [1.82, 2.24) is 5.32 Å². The summed E-state index contributed by atoms with van der Waals surface area (Å²) in [6, 6.07) is 8.48. The minimum atomic E-state index is -1.25. The third kappa shape index (κ3) is 4.55. The molecule has 0 aliphatic carbocycles. The van der Waals surface area contributed by atoms with Gasteiger partial charge in [-0.2, -0.15) is 0 Å². The molecule has 0 saturated carbocycles. The van der Waals surface area contributed by atoms with Gasteiger partial charge in [-0.1, -0.05) is 30.3 Å². The quantitative estimate of drug-likeness (QED) is 0.559. The van der Waals surface area contributed by atoms with Crippen LogP contribution in [0.25, 0.3) is 0 Å². The number of nitrogens with two attached hydrogens (primary N) is 1. The van der Waals surface area contributed by atoms with E-state index in [2.05, 4.69) is 10.1 Å². The van der Waals surface area contributed by atoms with Crippen molar-refractivity contribution >= 4 is 11.9 Å². The van der Waals surface area contributed by atoms with Gasteiger partial charge in [0.15, 0.2) is 6.04 Å². The lowest BCUT2D eigenvalue weighted by Crippen LogP contribution is -2.47. The Labute approximate surface area is 106 Å². The zero-order valence-corrected chi connectivity index (χ0v) is 10.4. The SMILES string of the molecule is CCOC(=O)C(N)C(=O)NCCc1ccccc1. The summed E-state index contributed by atoms with van der Waals surface area (Å²) in [6.07, 6.45) is 0.697. The summed E-state index contributed by atoms with van der Waals surface area (Å²) >= 11 is 0. The largest absolute Gasteiger partial charge is 0.464 e. The molecule has 0 radical (unpaired) electrons. The van der Waals surface area contributed by atoms with Crippen LogP contribution in [0.5, 0.6) is 0 Å². The minimum Gasteiger partial charge on any atom is -0.464 e. The van der Waals surface area contributed by atoms with Gasteiger partial charge in [0.1, 0.15) is 0 Å². The highest BCUT2D eigenvalue weighted by atomic mass is 16.5. The Kier molecular flexibility index (Phi) is 5.87. The maximum Gasteiger partial charge on any atom is 0.332 e. The van der Waals surface area contributed by atoms with Crippen molar-refractivity contribution in [2.24, 2.45) is 5.73 Å². The zero-order chi connectivity index (χ0) is 13.4. The van der Waals surface area contributed by atoms with Gasteiger partial charge in [-0.15, -0.1) is 0 Å². The van der Waals surface area contributed by atoms with Crippen LogP contribution in [0, 0.1) is 0 Å². The molecular weight excluding hydrogens is 232 g/mol. The van der Waals surface area contributed by atoms with E-state index in [1.165, 1.54) is 0 Å². The van der Waals surface area contributed by atoms with Crippen LogP contribution in [0.15, 0.2) is 30.3 Å². The number of rotatable bonds is 6. The van der Waals surface area contributed by atoms with Gasteiger partial charge in [-0.05, 0) is 18.9 Å². The van der Waals surface area contributed by atoms with E-state index in [9.17, 15) is 9.59 Å². The molecule has 1 aromatic rings. The lowest BCUT2D eigenvalue weighted by Gasteiger charge is -2.11. The Morgan fingerprint density at radius 3 is 2.61 bits per heavy atom. The van der Waals surface area contributed by atoms with Crippen LogP contribution in [-0.4, -0.2) is 31.1 Å². The predicted molar refractivity (Wildman–Crippen MR) is 67.8 cm³/mol. The van der Waals surface area contributed by atoms with Crippen LogP contribution in [0.3, 0.4) is 0 Å². The predicted octanol–water partition coefficient (Wildman–Crippen LogP) is 0.236. The molecule has 18 heavy (non-hydrogen) atoms. The van der Waals surface area contributed by atoms with Gasteiger partial charge in [0.2, 0.25) is 5.91 Å². The summed E-state index contributed by atoms with van der Waals surface area (Å²) in [5.41, 5.74) is 6.55. The van der Waals surface area contributed by atoms with Crippen molar-refractivity contribution in [2.45, 2.75) is 19.4 Å². The number of ether oxygens (including phenoxy) is 1. The topological polar surface area (TPSA) is 81.4 Å². The van der Waals surface area contributed by atoms with E-state index in [-0.39, 0.29) is 6.61 Å². The first-order valence-electron chi connectivity index (χ1n) is 5.89. The fourth-order valence-electron chi connectivity index (χ4n) is 1.42. The van der Waals surface area contributed by atoms with Crippen molar-refractivity contribution < 1.29 is 14.3 Å². The summed E-state index contributed by atoms with van der Waals surface area (Å²) in [4.78, 5) is 22.7. The second-order valence-corrected chi connectivity index (χ2v) is 3.76. The number of carbonyl (C=O) groups is 2. The fraction of sp³-hybridized carbons (Fsp3) is 0.385. The molecule has 0 aromatic heterocycles. The average molecular weight is 250 g/mol. The molecule has 1 atom stereocenters. The Morgan fingerprint density at radius 2 is 2.00 bits per heavy atom. The molecule has 0 bridgehead atoms. The summed E-state index contributed by atoms with van der Waals surface area (Å²) in [5, 5.41) is 2.61. The summed E-state index contributed by atoms with van der Waals surface area (Å²) in [6.45, 7) is 2.32. The number of hydrogen-bond donors (Lipinski definition) is 2. The van der Waals surface area contributed by atoms with Crippen LogP contribution in [0.1, 0.15) is 12.5 Å². The fourth-order valence-corrected chi connectivity index (χ4v) is 1.42. The average Bonchev–Trinajstić information content (AvgIpc) is 2.39. The van der Waals surface area contributed by atoms with Crippen LogP contribution >= 0.6 is 0 Å². The number of amides is 1. The highest BCUT2D eigenvalue weighted by molar-refractivity contribution is 6.01. The zero-order valence-electron chi connectivity index (χ0n) is 10.4. The van der Waals surface area contributed by atoms with Gasteiger partial charge in [-0.3, -0.25) is 4.79 Å². The second-order valence-electron chi connectivity index (χ2n) is 3.76. The highest BCUT2D eigenvalue weighted by Crippen LogP contribution is 1.98. The number of hydrogen-bond acceptors (Lipinski definition) is 4. The van der Waals surface area contributed by atoms with E-state index in [0.717, 1.165) is 5.56 Å². The molecular formula is C13H18N2O3. The number of benzene rings is 1. The molecule has 0 aliphatic rings. The maximum atomic E-state index is 11.5. The summed E-state index contributed by atoms with van der Waals surface area (Å²) < 4.78 is 4.66. The van der Waals surface area contributed by atoms with Gasteiger partial charge in [0.25, 0.3) is 0 Å². The van der Waals surface area contributed by atoms with Crippen LogP contribution < -0.4 is 11.1 Å². The normalized spacial score (nSPS) is 11.7.